The minimum absolute atomic E-state index is 0.0343. The van der Waals surface area contributed by atoms with Gasteiger partial charge in [-0.15, -0.1) is 0 Å². The van der Waals surface area contributed by atoms with Crippen LogP contribution in [0.3, 0.4) is 0 Å². The summed E-state index contributed by atoms with van der Waals surface area (Å²) in [5.41, 5.74) is 2.36. The van der Waals surface area contributed by atoms with Gasteiger partial charge in [0.05, 0.1) is 11.2 Å². The van der Waals surface area contributed by atoms with E-state index in [1.54, 1.807) is 22.0 Å². The first-order valence-electron chi connectivity index (χ1n) is 8.09. The van der Waals surface area contributed by atoms with Gasteiger partial charge in [0.1, 0.15) is 11.6 Å². The molecule has 1 fully saturated rings. The van der Waals surface area contributed by atoms with Crippen molar-refractivity contribution in [2.75, 3.05) is 16.8 Å². The summed E-state index contributed by atoms with van der Waals surface area (Å²) in [6, 6.07) is 5.33. The van der Waals surface area contributed by atoms with Crippen LogP contribution in [0.1, 0.15) is 12.8 Å². The summed E-state index contributed by atoms with van der Waals surface area (Å²) in [4.78, 5) is 23.4. The van der Waals surface area contributed by atoms with Crippen molar-refractivity contribution in [3.63, 3.8) is 0 Å². The van der Waals surface area contributed by atoms with E-state index in [2.05, 4.69) is 36.3 Å². The minimum atomic E-state index is -0.299. The van der Waals surface area contributed by atoms with Gasteiger partial charge in [0.15, 0.2) is 5.82 Å². The highest BCUT2D eigenvalue weighted by molar-refractivity contribution is 9.10. The fraction of sp³-hybridized carbons (Fsp3) is 0.294. The molecule has 0 spiro atoms. The van der Waals surface area contributed by atoms with Gasteiger partial charge >= 0.3 is 0 Å². The number of carbonyl (C=O) groups excluding carboxylic acids is 1. The molecule has 8 heteroatoms. The van der Waals surface area contributed by atoms with Crippen LogP contribution in [-0.4, -0.2) is 38.2 Å². The van der Waals surface area contributed by atoms with Gasteiger partial charge in [-0.1, -0.05) is 0 Å². The fourth-order valence-corrected chi connectivity index (χ4v) is 3.41. The number of anilines is 2. The highest BCUT2D eigenvalue weighted by Crippen LogP contribution is 2.26. The van der Waals surface area contributed by atoms with Gasteiger partial charge in [-0.2, -0.15) is 5.10 Å². The molecule has 1 amide bonds. The smallest absolute Gasteiger partial charge is 0.250 e. The molecule has 1 N–H and O–H groups in total. The van der Waals surface area contributed by atoms with Crippen LogP contribution in [0.5, 0.6) is 0 Å². The van der Waals surface area contributed by atoms with Crippen molar-refractivity contribution in [2.24, 2.45) is 7.05 Å². The Morgan fingerprint density at radius 1 is 1.32 bits per heavy atom. The molecule has 0 bridgehead atoms. The second kappa shape index (κ2) is 6.44. The van der Waals surface area contributed by atoms with E-state index in [4.69, 9.17) is 0 Å². The zero-order valence-electron chi connectivity index (χ0n) is 13.7. The quantitative estimate of drug-likeness (QED) is 0.731. The minimum Gasteiger partial charge on any atom is -0.372 e. The summed E-state index contributed by atoms with van der Waals surface area (Å²) in [7, 11) is 1.85. The number of piperidine rings is 1. The number of aromatic nitrogens is 4. The molecule has 1 aliphatic heterocycles. The Morgan fingerprint density at radius 2 is 2.20 bits per heavy atom. The van der Waals surface area contributed by atoms with Crippen LogP contribution < -0.4 is 10.2 Å². The normalized spacial score (nSPS) is 17.9. The summed E-state index contributed by atoms with van der Waals surface area (Å²) in [5.74, 6) is 0.729. The number of nitrogens with zero attached hydrogens (tertiary/aromatic N) is 5. The van der Waals surface area contributed by atoms with E-state index < -0.39 is 0 Å². The van der Waals surface area contributed by atoms with Crippen LogP contribution >= 0.6 is 15.9 Å². The van der Waals surface area contributed by atoms with Crippen LogP contribution in [-0.2, 0) is 11.8 Å². The molecule has 128 valence electrons. The van der Waals surface area contributed by atoms with Crippen LogP contribution in [0, 0.1) is 0 Å². The molecular weight excluding hydrogens is 384 g/mol. The van der Waals surface area contributed by atoms with Gasteiger partial charge in [-0.3, -0.25) is 24.3 Å². The summed E-state index contributed by atoms with van der Waals surface area (Å²) in [6.07, 6.45) is 7.00. The summed E-state index contributed by atoms with van der Waals surface area (Å²) in [5, 5.41) is 7.71. The number of rotatable bonds is 3. The van der Waals surface area contributed by atoms with E-state index in [1.807, 2.05) is 31.4 Å². The number of halogens is 1. The molecule has 3 aromatic rings. The maximum Gasteiger partial charge on any atom is 0.250 e. The third-order valence-corrected chi connectivity index (χ3v) is 4.72. The number of amides is 1. The summed E-state index contributed by atoms with van der Waals surface area (Å²) < 4.78 is 2.58. The lowest BCUT2D eigenvalue weighted by molar-refractivity contribution is -0.120. The summed E-state index contributed by atoms with van der Waals surface area (Å²) in [6.45, 7) is 0.691. The Kier molecular flexibility index (Phi) is 4.12. The highest BCUT2D eigenvalue weighted by atomic mass is 79.9. The van der Waals surface area contributed by atoms with Crippen molar-refractivity contribution in [1.82, 2.24) is 19.7 Å². The number of fused-ring (bicyclic) bond motifs is 1. The van der Waals surface area contributed by atoms with Crippen LogP contribution in [0.25, 0.3) is 11.0 Å². The molecule has 7 nitrogen and oxygen atoms in total. The van der Waals surface area contributed by atoms with E-state index in [-0.39, 0.29) is 11.9 Å². The third-order valence-electron chi connectivity index (χ3n) is 4.29. The molecule has 0 saturated carbocycles. The molecule has 1 saturated heterocycles. The van der Waals surface area contributed by atoms with Crippen molar-refractivity contribution < 1.29 is 4.79 Å². The van der Waals surface area contributed by atoms with E-state index in [1.165, 1.54) is 0 Å². The van der Waals surface area contributed by atoms with Gasteiger partial charge in [-0.05, 0) is 40.9 Å². The first-order valence-corrected chi connectivity index (χ1v) is 8.89. The zero-order valence-corrected chi connectivity index (χ0v) is 15.3. The van der Waals surface area contributed by atoms with Crippen LogP contribution in [0.2, 0.25) is 0 Å². The second-order valence-corrected chi connectivity index (χ2v) is 6.97. The molecule has 0 aliphatic carbocycles. The predicted octanol–water partition coefficient (Wildman–Crippen LogP) is 2.73. The molecule has 4 heterocycles. The van der Waals surface area contributed by atoms with E-state index >= 15 is 0 Å². The SMILES string of the molecule is Cn1ccc(N2CCCC(Nc3ccnc4cc(Br)cnc34)C2=O)n1. The molecule has 0 aromatic carbocycles. The van der Waals surface area contributed by atoms with Crippen molar-refractivity contribution in [3.8, 4) is 0 Å². The Bertz CT molecular complexity index is 940. The molecule has 3 aromatic heterocycles. The van der Waals surface area contributed by atoms with Crippen molar-refractivity contribution in [2.45, 2.75) is 18.9 Å². The molecule has 1 unspecified atom stereocenters. The number of nitrogens with one attached hydrogen (secondary N) is 1. The largest absolute Gasteiger partial charge is 0.372 e. The van der Waals surface area contributed by atoms with Crippen LogP contribution in [0.4, 0.5) is 11.5 Å². The lowest BCUT2D eigenvalue weighted by Gasteiger charge is -2.31. The molecular formula is C17H17BrN6O. The number of pyridine rings is 2. The van der Waals surface area contributed by atoms with Crippen LogP contribution in [0.15, 0.2) is 41.3 Å². The first-order chi connectivity index (χ1) is 12.1. The van der Waals surface area contributed by atoms with Crippen molar-refractivity contribution in [3.05, 3.63) is 41.3 Å². The Morgan fingerprint density at radius 3 is 3.00 bits per heavy atom. The van der Waals surface area contributed by atoms with Gasteiger partial charge in [0.25, 0.3) is 5.91 Å². The van der Waals surface area contributed by atoms with Crippen molar-refractivity contribution >= 4 is 44.4 Å². The molecule has 0 radical (unpaired) electrons. The average molecular weight is 401 g/mol. The number of hydrogen-bond donors (Lipinski definition) is 1. The fourth-order valence-electron chi connectivity index (χ4n) is 3.09. The maximum atomic E-state index is 12.9. The zero-order chi connectivity index (χ0) is 17.4. The van der Waals surface area contributed by atoms with Gasteiger partial charge in [0.2, 0.25) is 0 Å². The lowest BCUT2D eigenvalue weighted by Crippen LogP contribution is -2.48. The number of hydrogen-bond acceptors (Lipinski definition) is 5. The Labute approximate surface area is 153 Å². The third kappa shape index (κ3) is 3.09. The monoisotopic (exact) mass is 400 g/mol. The Hall–Kier alpha value is -2.48. The topological polar surface area (TPSA) is 75.9 Å². The Balaban J connectivity index is 1.61. The second-order valence-electron chi connectivity index (χ2n) is 6.06. The number of aryl methyl sites for hydroxylation is 1. The summed E-state index contributed by atoms with van der Waals surface area (Å²) >= 11 is 3.41. The molecule has 1 atom stereocenters. The standard InChI is InChI=1S/C17H17BrN6O/c1-23-8-5-15(22-23)24-7-2-3-13(17(24)25)21-12-4-6-19-14-9-11(18)10-20-16(12)14/h4-6,8-10,13H,2-3,7H2,1H3,(H,19,21). The van der Waals surface area contributed by atoms with Gasteiger partial charge in [0, 0.05) is 42.7 Å². The lowest BCUT2D eigenvalue weighted by atomic mass is 10.0. The van der Waals surface area contributed by atoms with Gasteiger partial charge < -0.3 is 5.32 Å². The predicted molar refractivity (Wildman–Crippen MR) is 99.4 cm³/mol. The van der Waals surface area contributed by atoms with E-state index in [9.17, 15) is 4.79 Å². The number of carbonyl (C=O) groups is 1. The highest BCUT2D eigenvalue weighted by Gasteiger charge is 2.31. The van der Waals surface area contributed by atoms with Crippen molar-refractivity contribution in [1.29, 1.82) is 0 Å². The average Bonchev–Trinajstić information content (AvgIpc) is 3.03. The maximum absolute atomic E-state index is 12.9. The molecule has 1 aliphatic rings. The molecule has 25 heavy (non-hydrogen) atoms. The van der Waals surface area contributed by atoms with Gasteiger partial charge in [-0.25, -0.2) is 0 Å². The van der Waals surface area contributed by atoms with E-state index in [0.717, 1.165) is 34.0 Å². The van der Waals surface area contributed by atoms with E-state index in [0.29, 0.717) is 12.4 Å². The molecule has 4 rings (SSSR count). The first kappa shape index (κ1) is 16.0.